The molecule has 1 N–H and O–H groups in total. The van der Waals surface area contributed by atoms with Crippen molar-refractivity contribution in [1.82, 2.24) is 0 Å². The summed E-state index contributed by atoms with van der Waals surface area (Å²) < 4.78 is 11.0. The third-order valence-electron chi connectivity index (χ3n) is 5.84. The third kappa shape index (κ3) is 5.40. The molecule has 0 aromatic heterocycles. The van der Waals surface area contributed by atoms with Crippen LogP contribution in [0.25, 0.3) is 5.76 Å². The Balaban J connectivity index is 1.84. The first-order chi connectivity index (χ1) is 17.8. The van der Waals surface area contributed by atoms with Crippen molar-refractivity contribution in [2.24, 2.45) is 0 Å². The van der Waals surface area contributed by atoms with Gasteiger partial charge in [-0.3, -0.25) is 14.5 Å². The van der Waals surface area contributed by atoms with E-state index in [4.69, 9.17) is 9.47 Å². The summed E-state index contributed by atoms with van der Waals surface area (Å²) in [5.74, 6) is -1.91. The standard InChI is InChI=1S/C30H29NO6/c1-4-16-36-30(35)22-13-8-14-23(17-22)31-26(20-10-6-5-7-11-20)25(28(33)29(31)34)27(32)21-12-9-15-24(18-21)37-19(2)3/h5-15,17-19,26,32H,4,16H2,1-3H3/b27-25+. The Morgan fingerprint density at radius 3 is 2.35 bits per heavy atom. The lowest BCUT2D eigenvalue weighted by atomic mass is 9.95. The number of Topliss-reactive ketones (excluding diaryl/α,β-unsaturated/α-hetero) is 1. The van der Waals surface area contributed by atoms with Crippen molar-refractivity contribution < 1.29 is 29.0 Å². The van der Waals surface area contributed by atoms with E-state index in [1.54, 1.807) is 66.7 Å². The van der Waals surface area contributed by atoms with Crippen molar-refractivity contribution in [3.8, 4) is 5.75 Å². The lowest BCUT2D eigenvalue weighted by molar-refractivity contribution is -0.132. The Labute approximate surface area is 215 Å². The van der Waals surface area contributed by atoms with Gasteiger partial charge in [0.1, 0.15) is 11.5 Å². The molecule has 1 aliphatic heterocycles. The number of anilines is 1. The molecule has 0 radical (unpaired) electrons. The van der Waals surface area contributed by atoms with E-state index >= 15 is 0 Å². The molecule has 190 valence electrons. The zero-order valence-corrected chi connectivity index (χ0v) is 21.0. The lowest BCUT2D eigenvalue weighted by Gasteiger charge is -2.25. The number of carbonyl (C=O) groups is 3. The summed E-state index contributed by atoms with van der Waals surface area (Å²) in [5, 5.41) is 11.4. The molecule has 1 amide bonds. The van der Waals surface area contributed by atoms with Crippen LogP contribution < -0.4 is 9.64 Å². The number of hydrogen-bond donors (Lipinski definition) is 1. The van der Waals surface area contributed by atoms with Gasteiger partial charge >= 0.3 is 5.97 Å². The summed E-state index contributed by atoms with van der Waals surface area (Å²) in [5.41, 5.74) is 1.55. The summed E-state index contributed by atoms with van der Waals surface area (Å²) in [7, 11) is 0. The van der Waals surface area contributed by atoms with Gasteiger partial charge in [-0.25, -0.2) is 4.79 Å². The van der Waals surface area contributed by atoms with Gasteiger partial charge < -0.3 is 14.6 Å². The molecule has 7 heteroatoms. The molecule has 1 heterocycles. The van der Waals surface area contributed by atoms with Crippen LogP contribution in [0.15, 0.2) is 84.4 Å². The van der Waals surface area contributed by atoms with E-state index < -0.39 is 23.7 Å². The number of ether oxygens (including phenoxy) is 2. The van der Waals surface area contributed by atoms with Gasteiger partial charge in [0.25, 0.3) is 11.7 Å². The van der Waals surface area contributed by atoms with Gasteiger partial charge in [-0.1, -0.05) is 55.5 Å². The smallest absolute Gasteiger partial charge is 0.338 e. The SMILES string of the molecule is CCCOC(=O)c1cccc(N2C(=O)C(=O)/C(=C(/O)c3cccc(OC(C)C)c3)C2c2ccccc2)c1. The Hall–Kier alpha value is -4.39. The van der Waals surface area contributed by atoms with Crippen LogP contribution in [-0.4, -0.2) is 35.5 Å². The molecular weight excluding hydrogens is 470 g/mol. The summed E-state index contributed by atoms with van der Waals surface area (Å²) in [4.78, 5) is 40.6. The van der Waals surface area contributed by atoms with Crippen molar-refractivity contribution in [1.29, 1.82) is 0 Å². The number of hydrogen-bond acceptors (Lipinski definition) is 6. The molecule has 0 aliphatic carbocycles. The van der Waals surface area contributed by atoms with Crippen molar-refractivity contribution in [3.05, 3.63) is 101 Å². The van der Waals surface area contributed by atoms with Crippen LogP contribution in [0.4, 0.5) is 5.69 Å². The summed E-state index contributed by atoms with van der Waals surface area (Å²) in [6.45, 7) is 5.95. The molecule has 1 fully saturated rings. The zero-order valence-electron chi connectivity index (χ0n) is 21.0. The Kier molecular flexibility index (Phi) is 7.72. The predicted octanol–water partition coefficient (Wildman–Crippen LogP) is 5.67. The average Bonchev–Trinajstić information content (AvgIpc) is 3.17. The van der Waals surface area contributed by atoms with Crippen LogP contribution in [0, 0.1) is 0 Å². The molecule has 1 atom stereocenters. The summed E-state index contributed by atoms with van der Waals surface area (Å²) >= 11 is 0. The molecule has 7 nitrogen and oxygen atoms in total. The van der Waals surface area contributed by atoms with Gasteiger partial charge in [0.15, 0.2) is 0 Å². The fraction of sp³-hybridized carbons (Fsp3) is 0.233. The second kappa shape index (κ2) is 11.1. The fourth-order valence-corrected chi connectivity index (χ4v) is 4.25. The molecule has 4 rings (SSSR count). The van der Waals surface area contributed by atoms with Gasteiger partial charge in [0.05, 0.1) is 29.9 Å². The minimum absolute atomic E-state index is 0.0446. The number of carbonyl (C=O) groups excluding carboxylic acids is 3. The molecule has 1 aliphatic rings. The Morgan fingerprint density at radius 1 is 0.946 bits per heavy atom. The maximum atomic E-state index is 13.4. The first-order valence-corrected chi connectivity index (χ1v) is 12.2. The Bertz CT molecular complexity index is 1340. The maximum absolute atomic E-state index is 13.4. The summed E-state index contributed by atoms with van der Waals surface area (Å²) in [6, 6.07) is 21.2. The van der Waals surface area contributed by atoms with Gasteiger partial charge in [-0.05, 0) is 56.2 Å². The van der Waals surface area contributed by atoms with Crippen LogP contribution in [0.1, 0.15) is 54.7 Å². The molecule has 0 saturated carbocycles. The first-order valence-electron chi connectivity index (χ1n) is 12.2. The Morgan fingerprint density at radius 2 is 1.65 bits per heavy atom. The van der Waals surface area contributed by atoms with Gasteiger partial charge in [-0.2, -0.15) is 0 Å². The fourth-order valence-electron chi connectivity index (χ4n) is 4.25. The van der Waals surface area contributed by atoms with Crippen molar-refractivity contribution in [3.63, 3.8) is 0 Å². The highest BCUT2D eigenvalue weighted by Gasteiger charge is 2.47. The largest absolute Gasteiger partial charge is 0.507 e. The van der Waals surface area contributed by atoms with E-state index in [0.717, 1.165) is 0 Å². The number of nitrogens with zero attached hydrogens (tertiary/aromatic N) is 1. The molecule has 3 aromatic rings. The van der Waals surface area contributed by atoms with E-state index in [9.17, 15) is 19.5 Å². The zero-order chi connectivity index (χ0) is 26.5. The highest BCUT2D eigenvalue weighted by molar-refractivity contribution is 6.51. The molecule has 0 bridgehead atoms. The monoisotopic (exact) mass is 499 g/mol. The van der Waals surface area contributed by atoms with Crippen molar-refractivity contribution in [2.75, 3.05) is 11.5 Å². The number of aliphatic hydroxyl groups is 1. The van der Waals surface area contributed by atoms with Gasteiger partial charge in [-0.15, -0.1) is 0 Å². The van der Waals surface area contributed by atoms with Crippen LogP contribution in [-0.2, 0) is 14.3 Å². The summed E-state index contributed by atoms with van der Waals surface area (Å²) in [6.07, 6.45) is 0.598. The molecular formula is C30H29NO6. The van der Waals surface area contributed by atoms with Crippen LogP contribution >= 0.6 is 0 Å². The minimum Gasteiger partial charge on any atom is -0.507 e. The van der Waals surface area contributed by atoms with E-state index in [1.807, 2.05) is 26.8 Å². The van der Waals surface area contributed by atoms with E-state index in [-0.39, 0.29) is 29.6 Å². The molecule has 3 aromatic carbocycles. The number of amides is 1. The normalized spacial score (nSPS) is 16.8. The van der Waals surface area contributed by atoms with E-state index in [2.05, 4.69) is 0 Å². The molecule has 37 heavy (non-hydrogen) atoms. The predicted molar refractivity (Wildman–Crippen MR) is 140 cm³/mol. The van der Waals surface area contributed by atoms with E-state index in [0.29, 0.717) is 29.0 Å². The van der Waals surface area contributed by atoms with Crippen LogP contribution in [0.3, 0.4) is 0 Å². The lowest BCUT2D eigenvalue weighted by Crippen LogP contribution is -2.29. The van der Waals surface area contributed by atoms with Crippen molar-refractivity contribution in [2.45, 2.75) is 39.3 Å². The highest BCUT2D eigenvalue weighted by atomic mass is 16.5. The maximum Gasteiger partial charge on any atom is 0.338 e. The number of aliphatic hydroxyl groups excluding tert-OH is 1. The average molecular weight is 500 g/mol. The van der Waals surface area contributed by atoms with Gasteiger partial charge in [0.2, 0.25) is 0 Å². The quantitative estimate of drug-likeness (QED) is 0.186. The van der Waals surface area contributed by atoms with Gasteiger partial charge in [0, 0.05) is 11.3 Å². The third-order valence-corrected chi connectivity index (χ3v) is 5.84. The van der Waals surface area contributed by atoms with Crippen LogP contribution in [0.5, 0.6) is 5.75 Å². The van der Waals surface area contributed by atoms with E-state index in [1.165, 1.54) is 11.0 Å². The van der Waals surface area contributed by atoms with Crippen LogP contribution in [0.2, 0.25) is 0 Å². The number of benzene rings is 3. The van der Waals surface area contributed by atoms with Crippen molar-refractivity contribution >= 4 is 29.1 Å². The highest BCUT2D eigenvalue weighted by Crippen LogP contribution is 2.42. The molecule has 1 saturated heterocycles. The second-order valence-corrected chi connectivity index (χ2v) is 8.96. The molecule has 1 unspecified atom stereocenters. The number of esters is 1. The minimum atomic E-state index is -0.905. The number of ketones is 1. The topological polar surface area (TPSA) is 93.1 Å². The molecule has 0 spiro atoms. The second-order valence-electron chi connectivity index (χ2n) is 8.96. The number of rotatable bonds is 8. The first kappa shape index (κ1) is 25.7.